The van der Waals surface area contributed by atoms with Crippen LogP contribution in [-0.4, -0.2) is 0 Å². The van der Waals surface area contributed by atoms with Gasteiger partial charge in [-0.3, -0.25) is 0 Å². The van der Waals surface area contributed by atoms with Gasteiger partial charge in [-0.15, -0.1) is 0 Å². The lowest BCUT2D eigenvalue weighted by Crippen LogP contribution is -2.10. The summed E-state index contributed by atoms with van der Waals surface area (Å²) in [6.07, 6.45) is 2.22. The molecule has 0 spiro atoms. The van der Waals surface area contributed by atoms with E-state index < -0.39 is 0 Å². The Balaban J connectivity index is 2.87. The van der Waals surface area contributed by atoms with Crippen LogP contribution in [0.3, 0.4) is 0 Å². The molecule has 72 valence electrons. The monoisotopic (exact) mass is 177 g/mol. The van der Waals surface area contributed by atoms with Crippen LogP contribution in [0.4, 0.5) is 0 Å². The molecule has 0 bridgehead atoms. The Labute approximate surface area is 81.0 Å². The van der Waals surface area contributed by atoms with Crippen molar-refractivity contribution in [2.45, 2.75) is 39.7 Å². The molecule has 1 nitrogen and oxygen atoms in total. The zero-order chi connectivity index (χ0) is 9.84. The first-order valence-corrected chi connectivity index (χ1v) is 4.97. The van der Waals surface area contributed by atoms with Crippen molar-refractivity contribution in [2.24, 2.45) is 5.73 Å². The van der Waals surface area contributed by atoms with Gasteiger partial charge in [0.15, 0.2) is 0 Å². The topological polar surface area (TPSA) is 26.0 Å². The summed E-state index contributed by atoms with van der Waals surface area (Å²) >= 11 is 0. The Bertz CT molecular complexity index is 258. The van der Waals surface area contributed by atoms with Gasteiger partial charge in [0.05, 0.1) is 0 Å². The van der Waals surface area contributed by atoms with Crippen molar-refractivity contribution in [2.75, 3.05) is 0 Å². The van der Waals surface area contributed by atoms with E-state index in [1.165, 1.54) is 16.7 Å². The summed E-state index contributed by atoms with van der Waals surface area (Å²) in [6, 6.07) is 6.77. The first-order chi connectivity index (χ1) is 6.13. The third kappa shape index (κ3) is 2.85. The highest BCUT2D eigenvalue weighted by Gasteiger charge is 2.04. The standard InChI is InChI=1S/C12H19N/c1-4-5-12(13)11-7-9(2)6-10(3)8-11/h6-8,12H,4-5,13H2,1-3H3/t12-/m0/s1. The Morgan fingerprint density at radius 2 is 1.69 bits per heavy atom. The van der Waals surface area contributed by atoms with Crippen molar-refractivity contribution in [1.82, 2.24) is 0 Å². The maximum absolute atomic E-state index is 6.04. The van der Waals surface area contributed by atoms with Crippen LogP contribution in [0.25, 0.3) is 0 Å². The molecule has 0 aromatic heterocycles. The normalized spacial score (nSPS) is 12.9. The lowest BCUT2D eigenvalue weighted by Gasteiger charge is -2.12. The highest BCUT2D eigenvalue weighted by atomic mass is 14.6. The van der Waals surface area contributed by atoms with Gasteiger partial charge in [0.25, 0.3) is 0 Å². The fraction of sp³-hybridized carbons (Fsp3) is 0.500. The highest BCUT2D eigenvalue weighted by Crippen LogP contribution is 2.18. The van der Waals surface area contributed by atoms with Crippen LogP contribution in [0.15, 0.2) is 18.2 Å². The predicted molar refractivity (Wildman–Crippen MR) is 57.8 cm³/mol. The van der Waals surface area contributed by atoms with E-state index in [0.29, 0.717) is 0 Å². The molecule has 0 amide bonds. The molecule has 0 aliphatic rings. The minimum atomic E-state index is 0.212. The Morgan fingerprint density at radius 1 is 1.15 bits per heavy atom. The van der Waals surface area contributed by atoms with Crippen LogP contribution >= 0.6 is 0 Å². The summed E-state index contributed by atoms with van der Waals surface area (Å²) < 4.78 is 0. The van der Waals surface area contributed by atoms with Gasteiger partial charge in [-0.25, -0.2) is 0 Å². The Kier molecular flexibility index (Phi) is 3.49. The maximum Gasteiger partial charge on any atom is 0.0294 e. The Hall–Kier alpha value is -0.820. The van der Waals surface area contributed by atoms with Crippen molar-refractivity contribution >= 4 is 0 Å². The van der Waals surface area contributed by atoms with Gasteiger partial charge in [-0.05, 0) is 25.8 Å². The van der Waals surface area contributed by atoms with Crippen LogP contribution in [-0.2, 0) is 0 Å². The van der Waals surface area contributed by atoms with E-state index in [1.54, 1.807) is 0 Å². The van der Waals surface area contributed by atoms with Crippen LogP contribution in [0.1, 0.15) is 42.5 Å². The number of aryl methyl sites for hydroxylation is 2. The van der Waals surface area contributed by atoms with E-state index in [0.717, 1.165) is 12.8 Å². The molecule has 1 aromatic rings. The van der Waals surface area contributed by atoms with Gasteiger partial charge in [-0.1, -0.05) is 42.7 Å². The minimum Gasteiger partial charge on any atom is -0.324 e. The molecule has 0 unspecified atom stereocenters. The third-order valence-corrected chi connectivity index (χ3v) is 2.27. The SMILES string of the molecule is CCC[C@H](N)c1cc(C)cc(C)c1. The summed E-state index contributed by atoms with van der Waals surface area (Å²) in [5.74, 6) is 0. The quantitative estimate of drug-likeness (QED) is 0.754. The zero-order valence-corrected chi connectivity index (χ0v) is 8.80. The average molecular weight is 177 g/mol. The first kappa shape index (κ1) is 10.3. The van der Waals surface area contributed by atoms with Gasteiger partial charge in [-0.2, -0.15) is 0 Å². The van der Waals surface area contributed by atoms with E-state index in [1.807, 2.05) is 0 Å². The molecule has 0 fully saturated rings. The zero-order valence-electron chi connectivity index (χ0n) is 8.80. The van der Waals surface area contributed by atoms with Gasteiger partial charge < -0.3 is 5.73 Å². The molecule has 0 heterocycles. The van der Waals surface area contributed by atoms with E-state index >= 15 is 0 Å². The fourth-order valence-corrected chi connectivity index (χ4v) is 1.70. The molecule has 1 rings (SSSR count). The number of hydrogen-bond donors (Lipinski definition) is 1. The molecule has 0 aliphatic carbocycles. The molecule has 0 radical (unpaired) electrons. The van der Waals surface area contributed by atoms with E-state index in [2.05, 4.69) is 39.0 Å². The first-order valence-electron chi connectivity index (χ1n) is 4.97. The smallest absolute Gasteiger partial charge is 0.0294 e. The molecule has 1 heteroatoms. The van der Waals surface area contributed by atoms with Gasteiger partial charge in [0, 0.05) is 6.04 Å². The fourth-order valence-electron chi connectivity index (χ4n) is 1.70. The third-order valence-electron chi connectivity index (χ3n) is 2.27. The second-order valence-corrected chi connectivity index (χ2v) is 3.82. The van der Waals surface area contributed by atoms with Crippen LogP contribution in [0.2, 0.25) is 0 Å². The van der Waals surface area contributed by atoms with Gasteiger partial charge in [0.2, 0.25) is 0 Å². The summed E-state index contributed by atoms with van der Waals surface area (Å²) in [5.41, 5.74) is 9.93. The highest BCUT2D eigenvalue weighted by molar-refractivity contribution is 5.30. The molecule has 13 heavy (non-hydrogen) atoms. The lowest BCUT2D eigenvalue weighted by molar-refractivity contribution is 0.637. The second kappa shape index (κ2) is 4.43. The van der Waals surface area contributed by atoms with E-state index in [-0.39, 0.29) is 6.04 Å². The van der Waals surface area contributed by atoms with Gasteiger partial charge >= 0.3 is 0 Å². The van der Waals surface area contributed by atoms with E-state index in [4.69, 9.17) is 5.73 Å². The summed E-state index contributed by atoms with van der Waals surface area (Å²) in [7, 11) is 0. The molecule has 0 saturated carbocycles. The molecule has 1 atom stereocenters. The molecular formula is C12H19N. The van der Waals surface area contributed by atoms with Crippen LogP contribution < -0.4 is 5.73 Å². The lowest BCUT2D eigenvalue weighted by atomic mass is 9.99. The Morgan fingerprint density at radius 3 is 2.15 bits per heavy atom. The van der Waals surface area contributed by atoms with Crippen molar-refractivity contribution in [3.05, 3.63) is 34.9 Å². The second-order valence-electron chi connectivity index (χ2n) is 3.82. The molecule has 0 aliphatic heterocycles. The van der Waals surface area contributed by atoms with Crippen molar-refractivity contribution < 1.29 is 0 Å². The molecule has 2 N–H and O–H groups in total. The van der Waals surface area contributed by atoms with E-state index in [9.17, 15) is 0 Å². The number of hydrogen-bond acceptors (Lipinski definition) is 1. The van der Waals surface area contributed by atoms with Crippen molar-refractivity contribution in [3.63, 3.8) is 0 Å². The number of rotatable bonds is 3. The number of benzene rings is 1. The minimum absolute atomic E-state index is 0.212. The molecule has 1 aromatic carbocycles. The van der Waals surface area contributed by atoms with Crippen molar-refractivity contribution in [1.29, 1.82) is 0 Å². The van der Waals surface area contributed by atoms with Crippen LogP contribution in [0, 0.1) is 13.8 Å². The number of nitrogens with two attached hydrogens (primary N) is 1. The molecule has 0 saturated heterocycles. The summed E-state index contributed by atoms with van der Waals surface area (Å²) in [5, 5.41) is 0. The average Bonchev–Trinajstić information content (AvgIpc) is 2.03. The van der Waals surface area contributed by atoms with Crippen LogP contribution in [0.5, 0.6) is 0 Å². The van der Waals surface area contributed by atoms with Crippen molar-refractivity contribution in [3.8, 4) is 0 Å². The summed E-state index contributed by atoms with van der Waals surface area (Å²) in [6.45, 7) is 6.41. The maximum atomic E-state index is 6.04. The predicted octanol–water partition coefficient (Wildman–Crippen LogP) is 3.10. The molecular weight excluding hydrogens is 158 g/mol. The largest absolute Gasteiger partial charge is 0.324 e. The summed E-state index contributed by atoms with van der Waals surface area (Å²) in [4.78, 5) is 0. The van der Waals surface area contributed by atoms with Gasteiger partial charge in [0.1, 0.15) is 0 Å².